The molecule has 0 aliphatic carbocycles. The first-order chi connectivity index (χ1) is 8.75. The van der Waals surface area contributed by atoms with Crippen molar-refractivity contribution in [3.63, 3.8) is 0 Å². The van der Waals surface area contributed by atoms with Gasteiger partial charge < -0.3 is 5.02 Å². The van der Waals surface area contributed by atoms with Crippen LogP contribution in [0.2, 0.25) is 0 Å². The SMILES string of the molecule is OB1c2ccccc2C=NN1c1cccc(Br)c1. The van der Waals surface area contributed by atoms with Crippen LogP contribution in [-0.4, -0.2) is 18.3 Å². The fourth-order valence-electron chi connectivity index (χ4n) is 2.01. The highest BCUT2D eigenvalue weighted by molar-refractivity contribution is 9.10. The van der Waals surface area contributed by atoms with E-state index in [1.807, 2.05) is 48.5 Å². The number of hydrazone groups is 1. The maximum absolute atomic E-state index is 10.4. The zero-order valence-electron chi connectivity index (χ0n) is 9.49. The predicted octanol–water partition coefficient (Wildman–Crippen LogP) is 1.99. The third-order valence-electron chi connectivity index (χ3n) is 2.90. The van der Waals surface area contributed by atoms with Crippen LogP contribution in [-0.2, 0) is 0 Å². The molecule has 0 amide bonds. The molecule has 3 nitrogen and oxygen atoms in total. The van der Waals surface area contributed by atoms with Gasteiger partial charge in [0.05, 0.1) is 6.21 Å². The Labute approximate surface area is 114 Å². The Bertz CT molecular complexity index is 617. The van der Waals surface area contributed by atoms with Crippen LogP contribution in [0.15, 0.2) is 58.1 Å². The van der Waals surface area contributed by atoms with Crippen molar-refractivity contribution in [1.82, 2.24) is 0 Å². The minimum absolute atomic E-state index is 0.750. The molecule has 1 N–H and O–H groups in total. The highest BCUT2D eigenvalue weighted by Crippen LogP contribution is 2.22. The van der Waals surface area contributed by atoms with Crippen LogP contribution in [0.25, 0.3) is 0 Å². The van der Waals surface area contributed by atoms with Gasteiger partial charge in [0.25, 0.3) is 0 Å². The van der Waals surface area contributed by atoms with E-state index in [9.17, 15) is 5.02 Å². The van der Waals surface area contributed by atoms with Crippen LogP contribution in [0, 0.1) is 0 Å². The predicted molar refractivity (Wildman–Crippen MR) is 78.3 cm³/mol. The second-order valence-corrected chi connectivity index (χ2v) is 4.99. The quantitative estimate of drug-likeness (QED) is 0.818. The minimum Gasteiger partial charge on any atom is -0.427 e. The van der Waals surface area contributed by atoms with Crippen molar-refractivity contribution in [1.29, 1.82) is 0 Å². The van der Waals surface area contributed by atoms with Crippen LogP contribution in [0.4, 0.5) is 5.69 Å². The highest BCUT2D eigenvalue weighted by atomic mass is 79.9. The van der Waals surface area contributed by atoms with E-state index in [-0.39, 0.29) is 0 Å². The van der Waals surface area contributed by atoms with Gasteiger partial charge in [-0.3, -0.25) is 4.92 Å². The Balaban J connectivity index is 2.03. The number of hydrogen-bond acceptors (Lipinski definition) is 3. The van der Waals surface area contributed by atoms with Crippen LogP contribution in [0.1, 0.15) is 5.56 Å². The molecule has 88 valence electrons. The second-order valence-electron chi connectivity index (χ2n) is 4.07. The first-order valence-corrected chi connectivity index (χ1v) is 6.41. The second kappa shape index (κ2) is 4.59. The summed E-state index contributed by atoms with van der Waals surface area (Å²) in [7, 11) is -0.750. The average Bonchev–Trinajstić information content (AvgIpc) is 2.39. The Kier molecular flexibility index (Phi) is 2.93. The van der Waals surface area contributed by atoms with E-state index in [4.69, 9.17) is 0 Å². The lowest BCUT2D eigenvalue weighted by atomic mass is 9.69. The summed E-state index contributed by atoms with van der Waals surface area (Å²) < 4.78 is 0.959. The fourth-order valence-corrected chi connectivity index (χ4v) is 2.40. The maximum atomic E-state index is 10.4. The van der Waals surface area contributed by atoms with Crippen molar-refractivity contribution >= 4 is 40.3 Å². The summed E-state index contributed by atoms with van der Waals surface area (Å²) in [5.74, 6) is 0. The van der Waals surface area contributed by atoms with E-state index in [0.717, 1.165) is 21.2 Å². The van der Waals surface area contributed by atoms with Crippen LogP contribution in [0.5, 0.6) is 0 Å². The molecule has 2 aromatic carbocycles. The molecular formula is C13H10BBrN2O. The summed E-state index contributed by atoms with van der Waals surface area (Å²) in [6, 6.07) is 15.4. The zero-order valence-corrected chi connectivity index (χ0v) is 11.1. The van der Waals surface area contributed by atoms with E-state index < -0.39 is 7.05 Å². The van der Waals surface area contributed by atoms with E-state index in [1.165, 1.54) is 0 Å². The molecule has 0 radical (unpaired) electrons. The normalized spacial score (nSPS) is 13.7. The van der Waals surface area contributed by atoms with Gasteiger partial charge in [-0.05, 0) is 29.2 Å². The van der Waals surface area contributed by atoms with Gasteiger partial charge in [-0.15, -0.1) is 0 Å². The van der Waals surface area contributed by atoms with Gasteiger partial charge in [0.15, 0.2) is 0 Å². The molecule has 5 heteroatoms. The van der Waals surface area contributed by atoms with Gasteiger partial charge in [0.2, 0.25) is 0 Å². The van der Waals surface area contributed by atoms with Gasteiger partial charge in [-0.25, -0.2) is 0 Å². The summed E-state index contributed by atoms with van der Waals surface area (Å²) in [5, 5.41) is 14.7. The number of fused-ring (bicyclic) bond motifs is 1. The molecule has 0 saturated heterocycles. The molecule has 0 atom stereocenters. The molecule has 0 spiro atoms. The lowest BCUT2D eigenvalue weighted by Crippen LogP contribution is -2.50. The first kappa shape index (κ1) is 11.5. The molecule has 18 heavy (non-hydrogen) atoms. The van der Waals surface area contributed by atoms with Crippen LogP contribution in [0.3, 0.4) is 0 Å². The number of anilines is 1. The van der Waals surface area contributed by atoms with Crippen molar-refractivity contribution in [3.8, 4) is 0 Å². The lowest BCUT2D eigenvalue weighted by molar-refractivity contribution is 0.578. The van der Waals surface area contributed by atoms with Crippen molar-refractivity contribution in [2.45, 2.75) is 0 Å². The Morgan fingerprint density at radius 3 is 2.78 bits per heavy atom. The number of halogens is 1. The van der Waals surface area contributed by atoms with Crippen molar-refractivity contribution in [2.75, 3.05) is 4.92 Å². The molecule has 0 fully saturated rings. The number of benzene rings is 2. The van der Waals surface area contributed by atoms with Crippen molar-refractivity contribution in [2.24, 2.45) is 5.10 Å². The number of rotatable bonds is 1. The monoisotopic (exact) mass is 300 g/mol. The van der Waals surface area contributed by atoms with Gasteiger partial charge >= 0.3 is 7.05 Å². The van der Waals surface area contributed by atoms with Gasteiger partial charge in [-0.2, -0.15) is 5.10 Å². The number of hydrogen-bond donors (Lipinski definition) is 1. The summed E-state index contributed by atoms with van der Waals surface area (Å²) in [6.45, 7) is 0. The minimum atomic E-state index is -0.750. The maximum Gasteiger partial charge on any atom is 0.471 e. The lowest BCUT2D eigenvalue weighted by Gasteiger charge is -2.26. The Hall–Kier alpha value is -1.59. The third-order valence-corrected chi connectivity index (χ3v) is 3.39. The van der Waals surface area contributed by atoms with Crippen LogP contribution < -0.4 is 10.4 Å². The smallest absolute Gasteiger partial charge is 0.427 e. The largest absolute Gasteiger partial charge is 0.471 e. The van der Waals surface area contributed by atoms with Gasteiger partial charge in [0, 0.05) is 10.2 Å². The molecule has 0 bridgehead atoms. The van der Waals surface area contributed by atoms with E-state index in [0.29, 0.717) is 0 Å². The summed E-state index contributed by atoms with van der Waals surface area (Å²) in [6.07, 6.45) is 1.77. The molecule has 2 aromatic rings. The third kappa shape index (κ3) is 1.96. The first-order valence-electron chi connectivity index (χ1n) is 5.61. The number of nitrogens with zero attached hydrogens (tertiary/aromatic N) is 2. The molecule has 1 aliphatic rings. The fraction of sp³-hybridized carbons (Fsp3) is 0. The topological polar surface area (TPSA) is 35.8 Å². The van der Waals surface area contributed by atoms with Crippen LogP contribution >= 0.6 is 15.9 Å². The Morgan fingerprint density at radius 2 is 1.94 bits per heavy atom. The highest BCUT2D eigenvalue weighted by Gasteiger charge is 2.29. The van der Waals surface area contributed by atoms with Crippen molar-refractivity contribution in [3.05, 3.63) is 58.6 Å². The zero-order chi connectivity index (χ0) is 12.5. The molecular weight excluding hydrogens is 291 g/mol. The van der Waals surface area contributed by atoms with Crippen molar-refractivity contribution < 1.29 is 5.02 Å². The molecule has 1 aliphatic heterocycles. The molecule has 3 rings (SSSR count). The van der Waals surface area contributed by atoms with Gasteiger partial charge in [-0.1, -0.05) is 46.3 Å². The summed E-state index contributed by atoms with van der Waals surface area (Å²) >= 11 is 3.42. The van der Waals surface area contributed by atoms with E-state index >= 15 is 0 Å². The average molecular weight is 301 g/mol. The van der Waals surface area contributed by atoms with Gasteiger partial charge in [0.1, 0.15) is 0 Å². The molecule has 0 unspecified atom stereocenters. The summed E-state index contributed by atoms with van der Waals surface area (Å²) in [5.41, 5.74) is 2.67. The van der Waals surface area contributed by atoms with E-state index in [2.05, 4.69) is 21.0 Å². The molecule has 0 aromatic heterocycles. The van der Waals surface area contributed by atoms with E-state index in [1.54, 1.807) is 11.1 Å². The Morgan fingerprint density at radius 1 is 1.11 bits per heavy atom. The molecule has 1 heterocycles. The molecule has 0 saturated carbocycles. The standard InChI is InChI=1S/C13H10BBrN2O/c15-11-5-3-6-12(8-11)17-14(18)13-7-2-1-4-10(13)9-16-17/h1-9,18H. The summed E-state index contributed by atoms with van der Waals surface area (Å²) in [4.78, 5) is 1.60.